The Balaban J connectivity index is 0.00000400. The van der Waals surface area contributed by atoms with E-state index in [1.54, 1.807) is 12.1 Å². The molecule has 0 saturated carbocycles. The Labute approximate surface area is 231 Å². The van der Waals surface area contributed by atoms with Crippen LogP contribution < -0.4 is 4.90 Å². The standard InChI is InChI=1S/C24H28FN3O6S3.ClH/c1-36(30,31)21-5-2-4-20-23(21)26-24(35-20)28(12-11-27-13-15-34-16-14-27)22(29)6-3-17-37(32,33)19-9-7-18(25)8-10-19;/h2,4-5,7-10H,3,6,11-17H2,1H3;1H. The number of fused-ring (bicyclic) bond motifs is 1. The van der Waals surface area contributed by atoms with Gasteiger partial charge in [0.15, 0.2) is 24.8 Å². The average Bonchev–Trinajstić information content (AvgIpc) is 3.28. The normalized spacial score (nSPS) is 14.8. The second kappa shape index (κ2) is 12.8. The van der Waals surface area contributed by atoms with Crippen molar-refractivity contribution in [3.63, 3.8) is 0 Å². The maximum absolute atomic E-state index is 13.3. The SMILES string of the molecule is CS(=O)(=O)c1cccc2sc(N(CCN3CCOCC3)C(=O)CCCS(=O)(=O)c3ccc(F)cc3)nc12.Cl. The molecule has 14 heteroatoms. The largest absolute Gasteiger partial charge is 0.379 e. The molecule has 0 N–H and O–H groups in total. The minimum Gasteiger partial charge on any atom is -0.379 e. The number of hydrogen-bond donors (Lipinski definition) is 0. The van der Waals surface area contributed by atoms with Crippen LogP contribution in [0.4, 0.5) is 9.52 Å². The van der Waals surface area contributed by atoms with Gasteiger partial charge in [-0.25, -0.2) is 26.2 Å². The summed E-state index contributed by atoms with van der Waals surface area (Å²) in [6.45, 7) is 3.56. The Bertz CT molecular complexity index is 1470. The lowest BCUT2D eigenvalue weighted by Crippen LogP contribution is -2.43. The number of ether oxygens (including phenoxy) is 1. The van der Waals surface area contributed by atoms with Crippen molar-refractivity contribution in [2.45, 2.75) is 22.6 Å². The number of carbonyl (C=O) groups is 1. The first kappa shape index (κ1) is 30.4. The molecule has 1 fully saturated rings. The third kappa shape index (κ3) is 7.48. The van der Waals surface area contributed by atoms with Crippen molar-refractivity contribution in [2.24, 2.45) is 0 Å². The molecule has 0 aliphatic carbocycles. The summed E-state index contributed by atoms with van der Waals surface area (Å²) in [5, 5.41) is 0.366. The summed E-state index contributed by atoms with van der Waals surface area (Å²) in [6.07, 6.45) is 1.15. The van der Waals surface area contributed by atoms with Crippen LogP contribution in [0.3, 0.4) is 0 Å². The van der Waals surface area contributed by atoms with Gasteiger partial charge in [0.05, 0.1) is 33.5 Å². The Morgan fingerprint density at radius 2 is 1.79 bits per heavy atom. The van der Waals surface area contributed by atoms with Gasteiger partial charge in [0.25, 0.3) is 0 Å². The zero-order chi connectivity index (χ0) is 26.6. The fraction of sp³-hybridized carbons (Fsp3) is 0.417. The van der Waals surface area contributed by atoms with E-state index in [2.05, 4.69) is 9.88 Å². The second-order valence-corrected chi connectivity index (χ2v) is 13.8. The van der Waals surface area contributed by atoms with Crippen molar-refractivity contribution >= 4 is 64.7 Å². The number of para-hydroxylation sites is 1. The van der Waals surface area contributed by atoms with Crippen molar-refractivity contribution in [3.8, 4) is 0 Å². The van der Waals surface area contributed by atoms with E-state index in [0.717, 1.165) is 31.5 Å². The van der Waals surface area contributed by atoms with Crippen molar-refractivity contribution < 1.29 is 30.8 Å². The Morgan fingerprint density at radius 1 is 1.11 bits per heavy atom. The van der Waals surface area contributed by atoms with Gasteiger partial charge in [0, 0.05) is 38.9 Å². The molecule has 38 heavy (non-hydrogen) atoms. The summed E-state index contributed by atoms with van der Waals surface area (Å²) in [5.74, 6) is -1.10. The van der Waals surface area contributed by atoms with Crippen LogP contribution in [-0.4, -0.2) is 84.0 Å². The van der Waals surface area contributed by atoms with Crippen LogP contribution in [0.5, 0.6) is 0 Å². The number of aromatic nitrogens is 1. The molecule has 2 heterocycles. The van der Waals surface area contributed by atoms with Crippen molar-refractivity contribution in [3.05, 3.63) is 48.3 Å². The minimum absolute atomic E-state index is 0. The Kier molecular flexibility index (Phi) is 10.2. The van der Waals surface area contributed by atoms with E-state index in [0.29, 0.717) is 41.7 Å². The van der Waals surface area contributed by atoms with E-state index in [9.17, 15) is 26.0 Å². The topological polar surface area (TPSA) is 114 Å². The third-order valence-electron chi connectivity index (χ3n) is 6.02. The maximum Gasteiger partial charge on any atom is 0.228 e. The number of amides is 1. The van der Waals surface area contributed by atoms with Gasteiger partial charge in [-0.15, -0.1) is 12.4 Å². The number of anilines is 1. The molecule has 4 rings (SSSR count). The quantitative estimate of drug-likeness (QED) is 0.324. The van der Waals surface area contributed by atoms with E-state index in [4.69, 9.17) is 4.74 Å². The lowest BCUT2D eigenvalue weighted by molar-refractivity contribution is -0.118. The average molecular weight is 606 g/mol. The van der Waals surface area contributed by atoms with Crippen LogP contribution in [-0.2, 0) is 29.2 Å². The molecule has 2 aromatic carbocycles. The molecule has 1 aromatic heterocycles. The van der Waals surface area contributed by atoms with Gasteiger partial charge in [0.1, 0.15) is 11.3 Å². The number of benzene rings is 2. The number of sulfone groups is 2. The lowest BCUT2D eigenvalue weighted by atomic mass is 10.3. The zero-order valence-corrected chi connectivity index (χ0v) is 24.0. The predicted octanol–water partition coefficient (Wildman–Crippen LogP) is 3.18. The van der Waals surface area contributed by atoms with E-state index >= 15 is 0 Å². The number of carbonyl (C=O) groups excluding carboxylic acids is 1. The maximum atomic E-state index is 13.3. The van der Waals surface area contributed by atoms with Gasteiger partial charge < -0.3 is 4.74 Å². The van der Waals surface area contributed by atoms with Gasteiger partial charge >= 0.3 is 0 Å². The number of thiazole rings is 1. The highest BCUT2D eigenvalue weighted by molar-refractivity contribution is 7.91. The molecule has 0 unspecified atom stereocenters. The number of morpholine rings is 1. The number of halogens is 2. The van der Waals surface area contributed by atoms with E-state index in [1.807, 2.05) is 0 Å². The van der Waals surface area contributed by atoms with E-state index in [-0.39, 0.29) is 46.7 Å². The Hall–Kier alpha value is -2.16. The molecular weight excluding hydrogens is 577 g/mol. The van der Waals surface area contributed by atoms with E-state index in [1.165, 1.54) is 34.4 Å². The molecule has 1 amide bonds. The van der Waals surface area contributed by atoms with Crippen LogP contribution in [0.15, 0.2) is 52.3 Å². The highest BCUT2D eigenvalue weighted by atomic mass is 35.5. The van der Waals surface area contributed by atoms with Crippen LogP contribution in [0.1, 0.15) is 12.8 Å². The van der Waals surface area contributed by atoms with Gasteiger partial charge in [0.2, 0.25) is 5.91 Å². The number of rotatable bonds is 10. The van der Waals surface area contributed by atoms with Crippen LogP contribution in [0, 0.1) is 5.82 Å². The summed E-state index contributed by atoms with van der Waals surface area (Å²) in [6, 6.07) is 9.48. The Morgan fingerprint density at radius 3 is 2.45 bits per heavy atom. The molecule has 0 atom stereocenters. The molecule has 1 aliphatic rings. The van der Waals surface area contributed by atoms with Crippen molar-refractivity contribution in [2.75, 3.05) is 56.3 Å². The second-order valence-electron chi connectivity index (χ2n) is 8.75. The third-order valence-corrected chi connectivity index (χ3v) is 10.0. The molecule has 1 saturated heterocycles. The number of hydrogen-bond acceptors (Lipinski definition) is 9. The summed E-state index contributed by atoms with van der Waals surface area (Å²) in [7, 11) is -7.20. The van der Waals surface area contributed by atoms with Gasteiger partial charge in [-0.3, -0.25) is 14.6 Å². The van der Waals surface area contributed by atoms with Crippen molar-refractivity contribution in [1.29, 1.82) is 0 Å². The summed E-state index contributed by atoms with van der Waals surface area (Å²) < 4.78 is 68.9. The fourth-order valence-corrected chi connectivity index (χ4v) is 7.27. The van der Waals surface area contributed by atoms with Gasteiger partial charge in [-0.2, -0.15) is 0 Å². The van der Waals surface area contributed by atoms with Gasteiger partial charge in [-0.05, 0) is 42.8 Å². The highest BCUT2D eigenvalue weighted by Gasteiger charge is 2.24. The molecule has 0 bridgehead atoms. The minimum atomic E-state index is -3.67. The molecular formula is C24H29ClFN3O6S3. The van der Waals surface area contributed by atoms with Crippen molar-refractivity contribution in [1.82, 2.24) is 9.88 Å². The molecule has 1 aliphatic heterocycles. The molecule has 208 valence electrons. The van der Waals surface area contributed by atoms with Crippen LogP contribution in [0.2, 0.25) is 0 Å². The zero-order valence-electron chi connectivity index (χ0n) is 20.7. The highest BCUT2D eigenvalue weighted by Crippen LogP contribution is 2.33. The summed E-state index contributed by atoms with van der Waals surface area (Å²) >= 11 is 1.22. The summed E-state index contributed by atoms with van der Waals surface area (Å²) in [4.78, 5) is 21.6. The van der Waals surface area contributed by atoms with Gasteiger partial charge in [-0.1, -0.05) is 17.4 Å². The molecule has 9 nitrogen and oxygen atoms in total. The first-order chi connectivity index (χ1) is 17.5. The molecule has 0 spiro atoms. The first-order valence-corrected chi connectivity index (χ1v) is 16.1. The fourth-order valence-electron chi connectivity index (χ4n) is 4.03. The lowest BCUT2D eigenvalue weighted by Gasteiger charge is -2.29. The molecule has 0 radical (unpaired) electrons. The van der Waals surface area contributed by atoms with Crippen LogP contribution >= 0.6 is 23.7 Å². The number of nitrogens with zero attached hydrogens (tertiary/aromatic N) is 3. The first-order valence-electron chi connectivity index (χ1n) is 11.7. The smallest absolute Gasteiger partial charge is 0.228 e. The molecule has 3 aromatic rings. The van der Waals surface area contributed by atoms with Crippen LogP contribution in [0.25, 0.3) is 10.2 Å². The predicted molar refractivity (Wildman–Crippen MR) is 147 cm³/mol. The van der Waals surface area contributed by atoms with E-state index < -0.39 is 25.5 Å². The summed E-state index contributed by atoms with van der Waals surface area (Å²) in [5.41, 5.74) is 0.313. The monoisotopic (exact) mass is 605 g/mol.